The lowest BCUT2D eigenvalue weighted by molar-refractivity contribution is 0.0659. The Bertz CT molecular complexity index is 441. The molecule has 0 N–H and O–H groups in total. The summed E-state index contributed by atoms with van der Waals surface area (Å²) in [6.45, 7) is 2.13. The van der Waals surface area contributed by atoms with Crippen LogP contribution in [0.4, 0.5) is 0 Å². The van der Waals surface area contributed by atoms with Crippen LogP contribution in [0.1, 0.15) is 23.2 Å². The van der Waals surface area contributed by atoms with E-state index in [0.717, 1.165) is 39.1 Å². The summed E-state index contributed by atoms with van der Waals surface area (Å²) in [5.74, 6) is 0.110. The van der Waals surface area contributed by atoms with Gasteiger partial charge in [-0.1, -0.05) is 0 Å². The zero-order valence-corrected chi connectivity index (χ0v) is 14.4. The molecule has 18 heavy (non-hydrogen) atoms. The molecule has 0 aliphatic carbocycles. The van der Waals surface area contributed by atoms with Gasteiger partial charge in [0.25, 0.3) is 5.91 Å². The van der Waals surface area contributed by atoms with Crippen LogP contribution in [-0.4, -0.2) is 48.9 Å². The van der Waals surface area contributed by atoms with Gasteiger partial charge in [-0.2, -0.15) is 0 Å². The molecule has 1 aromatic heterocycles. The van der Waals surface area contributed by atoms with Crippen LogP contribution in [0.25, 0.3) is 0 Å². The number of rotatable bonds is 2. The Balaban J connectivity index is 2.07. The van der Waals surface area contributed by atoms with Crippen LogP contribution in [0.3, 0.4) is 0 Å². The summed E-state index contributed by atoms with van der Waals surface area (Å²) in [5.41, 5.74) is 0.758. The van der Waals surface area contributed by atoms with Gasteiger partial charge in [-0.15, -0.1) is 11.3 Å². The fourth-order valence-electron chi connectivity index (χ4n) is 2.22. The lowest BCUT2D eigenvalue weighted by Gasteiger charge is -2.35. The zero-order chi connectivity index (χ0) is 13.3. The first-order valence-electron chi connectivity index (χ1n) is 5.89. The second-order valence-corrected chi connectivity index (χ2v) is 8.44. The van der Waals surface area contributed by atoms with Crippen LogP contribution >= 0.6 is 43.2 Å². The van der Waals surface area contributed by atoms with E-state index in [2.05, 4.69) is 43.8 Å². The van der Waals surface area contributed by atoms with E-state index in [0.29, 0.717) is 6.04 Å². The number of halogens is 2. The van der Waals surface area contributed by atoms with Gasteiger partial charge in [0.15, 0.2) is 0 Å². The average Bonchev–Trinajstić information content (AvgIpc) is 2.67. The highest BCUT2D eigenvalue weighted by Crippen LogP contribution is 2.33. The summed E-state index contributed by atoms with van der Waals surface area (Å²) in [5, 5.41) is 0. The highest BCUT2D eigenvalue weighted by molar-refractivity contribution is 9.12. The average molecular weight is 396 g/mol. The molecule has 0 radical (unpaired) electrons. The maximum Gasteiger partial charge on any atom is 0.255 e. The normalized spacial score (nSPS) is 18.0. The molecule has 1 fully saturated rings. The van der Waals surface area contributed by atoms with E-state index in [4.69, 9.17) is 0 Å². The van der Waals surface area contributed by atoms with Gasteiger partial charge in [0.2, 0.25) is 0 Å². The van der Waals surface area contributed by atoms with Gasteiger partial charge < -0.3 is 9.80 Å². The van der Waals surface area contributed by atoms with Crippen molar-refractivity contribution in [3.63, 3.8) is 0 Å². The second kappa shape index (κ2) is 6.03. The Morgan fingerprint density at radius 2 is 2.06 bits per heavy atom. The maximum absolute atomic E-state index is 12.4. The third kappa shape index (κ3) is 3.15. The molecule has 1 saturated heterocycles. The zero-order valence-electron chi connectivity index (χ0n) is 10.4. The van der Waals surface area contributed by atoms with Crippen LogP contribution in [-0.2, 0) is 0 Å². The predicted octanol–water partition coefficient (Wildman–Crippen LogP) is 3.44. The van der Waals surface area contributed by atoms with Crippen LogP contribution in [0.2, 0.25) is 0 Å². The van der Waals surface area contributed by atoms with E-state index < -0.39 is 0 Å². The monoisotopic (exact) mass is 394 g/mol. The first kappa shape index (κ1) is 14.5. The Morgan fingerprint density at radius 3 is 2.56 bits per heavy atom. The molecular formula is C12H16Br2N2OS. The molecule has 0 aromatic carbocycles. The van der Waals surface area contributed by atoms with Gasteiger partial charge in [-0.3, -0.25) is 4.79 Å². The fraction of sp³-hybridized carbons (Fsp3) is 0.583. The minimum atomic E-state index is 0.110. The minimum Gasteiger partial charge on any atom is -0.339 e. The number of piperidine rings is 1. The minimum absolute atomic E-state index is 0.110. The number of amides is 1. The summed E-state index contributed by atoms with van der Waals surface area (Å²) in [6, 6.07) is 2.25. The van der Waals surface area contributed by atoms with Gasteiger partial charge in [-0.05, 0) is 70.9 Å². The van der Waals surface area contributed by atoms with Crippen molar-refractivity contribution in [3.05, 3.63) is 19.2 Å². The summed E-state index contributed by atoms with van der Waals surface area (Å²) in [7, 11) is 4.04. The number of carbonyl (C=O) groups is 1. The number of hydrogen-bond acceptors (Lipinski definition) is 3. The molecule has 6 heteroatoms. The molecule has 0 unspecified atom stereocenters. The fourth-order valence-corrected chi connectivity index (χ4v) is 5.00. The van der Waals surface area contributed by atoms with Crippen molar-refractivity contribution in [1.82, 2.24) is 9.80 Å². The van der Waals surface area contributed by atoms with Crippen molar-refractivity contribution in [3.8, 4) is 0 Å². The molecule has 2 heterocycles. The van der Waals surface area contributed by atoms with Crippen LogP contribution in [0.5, 0.6) is 0 Å². The second-order valence-electron chi connectivity index (χ2n) is 4.69. The summed E-state index contributed by atoms with van der Waals surface area (Å²) in [4.78, 5) is 16.6. The number of hydrogen-bond donors (Lipinski definition) is 0. The first-order chi connectivity index (χ1) is 8.49. The molecule has 0 atom stereocenters. The van der Waals surface area contributed by atoms with Crippen molar-refractivity contribution in [1.29, 1.82) is 0 Å². The van der Waals surface area contributed by atoms with Gasteiger partial charge in [0.05, 0.1) is 13.1 Å². The van der Waals surface area contributed by atoms with Crippen molar-refractivity contribution >= 4 is 49.1 Å². The van der Waals surface area contributed by atoms with Gasteiger partial charge in [-0.25, -0.2) is 0 Å². The first-order valence-corrected chi connectivity index (χ1v) is 8.30. The van der Waals surface area contributed by atoms with Gasteiger partial charge in [0, 0.05) is 13.1 Å². The van der Waals surface area contributed by atoms with Gasteiger partial charge >= 0.3 is 0 Å². The third-order valence-electron chi connectivity index (χ3n) is 3.44. The number of carbonyl (C=O) groups excluding carboxylic acids is 1. The highest BCUT2D eigenvalue weighted by Gasteiger charge is 2.26. The molecular weight excluding hydrogens is 380 g/mol. The van der Waals surface area contributed by atoms with Crippen molar-refractivity contribution in [2.75, 3.05) is 27.2 Å². The van der Waals surface area contributed by atoms with E-state index in [1.54, 1.807) is 0 Å². The van der Waals surface area contributed by atoms with E-state index in [1.807, 2.05) is 18.0 Å². The molecule has 1 aliphatic rings. The Hall–Kier alpha value is 0.0900. The van der Waals surface area contributed by atoms with Crippen LogP contribution in [0, 0.1) is 0 Å². The Kier molecular flexibility index (Phi) is 4.86. The van der Waals surface area contributed by atoms with E-state index in [-0.39, 0.29) is 5.91 Å². The maximum atomic E-state index is 12.4. The van der Waals surface area contributed by atoms with Crippen LogP contribution < -0.4 is 0 Å². The third-order valence-corrected chi connectivity index (χ3v) is 5.78. The number of likely N-dealkylation sites (tertiary alicyclic amines) is 1. The summed E-state index contributed by atoms with van der Waals surface area (Å²) in [6.07, 6.45) is 2.11. The topological polar surface area (TPSA) is 23.6 Å². The summed E-state index contributed by atoms with van der Waals surface area (Å²) < 4.78 is 1.88. The standard InChI is InChI=1S/C12H16Br2N2OS/c1-15-5-3-8(4-6-15)16(2)12(17)9-7-10(13)18-11(9)14/h7-8H,3-6H2,1-2H3. The largest absolute Gasteiger partial charge is 0.339 e. The van der Waals surface area contributed by atoms with Crippen molar-refractivity contribution in [2.24, 2.45) is 0 Å². The van der Waals surface area contributed by atoms with E-state index >= 15 is 0 Å². The van der Waals surface area contributed by atoms with E-state index in [1.165, 1.54) is 11.3 Å². The molecule has 1 amide bonds. The predicted molar refractivity (Wildman–Crippen MR) is 82.3 cm³/mol. The van der Waals surface area contributed by atoms with Crippen molar-refractivity contribution in [2.45, 2.75) is 18.9 Å². The molecule has 0 bridgehead atoms. The molecule has 1 aliphatic heterocycles. The Labute approximate surface area is 128 Å². The smallest absolute Gasteiger partial charge is 0.255 e. The quantitative estimate of drug-likeness (QED) is 0.765. The molecule has 1 aromatic rings. The molecule has 3 nitrogen and oxygen atoms in total. The van der Waals surface area contributed by atoms with Gasteiger partial charge in [0.1, 0.15) is 0 Å². The van der Waals surface area contributed by atoms with Crippen LogP contribution in [0.15, 0.2) is 13.6 Å². The molecule has 100 valence electrons. The lowest BCUT2D eigenvalue weighted by atomic mass is 10.0. The highest BCUT2D eigenvalue weighted by atomic mass is 79.9. The molecule has 0 spiro atoms. The number of thiophene rings is 1. The Morgan fingerprint density at radius 1 is 1.44 bits per heavy atom. The molecule has 0 saturated carbocycles. The van der Waals surface area contributed by atoms with Crippen molar-refractivity contribution < 1.29 is 4.79 Å². The lowest BCUT2D eigenvalue weighted by Crippen LogP contribution is -2.44. The summed E-state index contributed by atoms with van der Waals surface area (Å²) >= 11 is 8.41. The molecule has 2 rings (SSSR count). The SMILES string of the molecule is CN1CCC(N(C)C(=O)c2cc(Br)sc2Br)CC1. The number of nitrogens with zero attached hydrogens (tertiary/aromatic N) is 2. The van der Waals surface area contributed by atoms with E-state index in [9.17, 15) is 4.79 Å².